The van der Waals surface area contributed by atoms with E-state index in [0.29, 0.717) is 23.8 Å². The molecule has 1 aromatic carbocycles. The number of carbonyl (C=O) groups excluding carboxylic acids is 3. The fourth-order valence-corrected chi connectivity index (χ4v) is 5.45. The monoisotopic (exact) mass is 459 g/mol. The van der Waals surface area contributed by atoms with Crippen LogP contribution >= 0.6 is 22.9 Å². The molecular formula is C23H26ClN3O3S. The molecule has 6 nitrogen and oxygen atoms in total. The summed E-state index contributed by atoms with van der Waals surface area (Å²) in [6, 6.07) is 10.3. The van der Waals surface area contributed by atoms with Crippen molar-refractivity contribution in [2.24, 2.45) is 5.92 Å². The van der Waals surface area contributed by atoms with Gasteiger partial charge in [0.05, 0.1) is 6.04 Å². The minimum Gasteiger partial charge on any atom is -0.343 e. The Morgan fingerprint density at radius 2 is 1.97 bits per heavy atom. The lowest BCUT2D eigenvalue weighted by Crippen LogP contribution is -2.50. The van der Waals surface area contributed by atoms with Gasteiger partial charge in [0.1, 0.15) is 12.1 Å². The third-order valence-corrected chi connectivity index (χ3v) is 7.61. The van der Waals surface area contributed by atoms with Gasteiger partial charge in [0, 0.05) is 9.90 Å². The molecule has 0 radical (unpaired) electrons. The standard InChI is InChI=1S/C23H26ClN3O3S/c1-2-15-9-11-23(12-10-15)21(29)27(22(30)26-23)14-19(28)25-20(18-4-3-13-31-18)16-5-7-17(24)8-6-16/h3-8,13,15,20H,2,9-12,14H2,1H3,(H,25,28)(H,26,30). The van der Waals surface area contributed by atoms with E-state index in [1.165, 1.54) is 11.3 Å². The van der Waals surface area contributed by atoms with Crippen LogP contribution in [0, 0.1) is 5.92 Å². The van der Waals surface area contributed by atoms with Crippen LogP contribution in [0.1, 0.15) is 55.5 Å². The molecule has 8 heteroatoms. The SMILES string of the molecule is CCC1CCC2(CC1)NC(=O)N(CC(=O)NC(c1ccc(Cl)cc1)c1cccs1)C2=O. The van der Waals surface area contributed by atoms with E-state index in [-0.39, 0.29) is 24.4 Å². The summed E-state index contributed by atoms with van der Waals surface area (Å²) < 4.78 is 0. The van der Waals surface area contributed by atoms with Gasteiger partial charge in [-0.1, -0.05) is 43.1 Å². The van der Waals surface area contributed by atoms with Crippen molar-refractivity contribution in [3.05, 3.63) is 57.2 Å². The lowest BCUT2D eigenvalue weighted by atomic mass is 9.75. The van der Waals surface area contributed by atoms with Crippen LogP contribution in [0.5, 0.6) is 0 Å². The third-order valence-electron chi connectivity index (χ3n) is 6.42. The van der Waals surface area contributed by atoms with E-state index >= 15 is 0 Å². The van der Waals surface area contributed by atoms with Crippen LogP contribution in [0.25, 0.3) is 0 Å². The molecule has 1 aliphatic heterocycles. The van der Waals surface area contributed by atoms with Gasteiger partial charge in [-0.15, -0.1) is 11.3 Å². The van der Waals surface area contributed by atoms with Crippen LogP contribution in [0.2, 0.25) is 5.02 Å². The van der Waals surface area contributed by atoms with E-state index < -0.39 is 11.6 Å². The second-order valence-corrected chi connectivity index (χ2v) is 9.74. The third kappa shape index (κ3) is 4.48. The molecular weight excluding hydrogens is 434 g/mol. The Labute approximate surface area is 191 Å². The highest BCUT2D eigenvalue weighted by Gasteiger charge is 2.52. The van der Waals surface area contributed by atoms with Gasteiger partial charge in [0.25, 0.3) is 5.91 Å². The number of rotatable bonds is 6. The van der Waals surface area contributed by atoms with E-state index in [9.17, 15) is 14.4 Å². The molecule has 4 rings (SSSR count). The summed E-state index contributed by atoms with van der Waals surface area (Å²) in [5, 5.41) is 8.42. The van der Waals surface area contributed by atoms with Gasteiger partial charge in [-0.05, 0) is 60.7 Å². The van der Waals surface area contributed by atoms with Crippen molar-refractivity contribution in [3.8, 4) is 0 Å². The largest absolute Gasteiger partial charge is 0.343 e. The Morgan fingerprint density at radius 3 is 2.58 bits per heavy atom. The van der Waals surface area contributed by atoms with Gasteiger partial charge >= 0.3 is 6.03 Å². The second-order valence-electron chi connectivity index (χ2n) is 8.32. The lowest BCUT2D eigenvalue weighted by molar-refractivity contribution is -0.136. The molecule has 1 unspecified atom stereocenters. The van der Waals surface area contributed by atoms with Gasteiger partial charge in [-0.3, -0.25) is 14.5 Å². The molecule has 2 fully saturated rings. The Morgan fingerprint density at radius 1 is 1.26 bits per heavy atom. The van der Waals surface area contributed by atoms with Crippen LogP contribution in [0.3, 0.4) is 0 Å². The number of thiophene rings is 1. The molecule has 31 heavy (non-hydrogen) atoms. The number of imide groups is 1. The summed E-state index contributed by atoms with van der Waals surface area (Å²) in [6.45, 7) is 1.86. The average Bonchev–Trinajstić information content (AvgIpc) is 3.37. The van der Waals surface area contributed by atoms with Crippen molar-refractivity contribution in [1.82, 2.24) is 15.5 Å². The summed E-state index contributed by atoms with van der Waals surface area (Å²) in [7, 11) is 0. The maximum Gasteiger partial charge on any atom is 0.325 e. The van der Waals surface area contributed by atoms with Crippen molar-refractivity contribution in [1.29, 1.82) is 0 Å². The van der Waals surface area contributed by atoms with Crippen LogP contribution in [-0.2, 0) is 9.59 Å². The topological polar surface area (TPSA) is 78.5 Å². The molecule has 164 valence electrons. The Hall–Kier alpha value is -2.38. The quantitative estimate of drug-likeness (QED) is 0.624. The fourth-order valence-electron chi connectivity index (χ4n) is 4.52. The number of nitrogens with zero attached hydrogens (tertiary/aromatic N) is 1. The predicted octanol–water partition coefficient (Wildman–Crippen LogP) is 4.50. The molecule has 1 atom stereocenters. The zero-order valence-electron chi connectivity index (χ0n) is 17.4. The van der Waals surface area contributed by atoms with Crippen molar-refractivity contribution >= 4 is 40.8 Å². The number of benzene rings is 1. The second kappa shape index (κ2) is 9.01. The van der Waals surface area contributed by atoms with E-state index in [1.807, 2.05) is 29.6 Å². The van der Waals surface area contributed by atoms with Crippen LogP contribution in [0.4, 0.5) is 4.79 Å². The van der Waals surface area contributed by atoms with E-state index in [4.69, 9.17) is 11.6 Å². The van der Waals surface area contributed by atoms with E-state index in [1.54, 1.807) is 12.1 Å². The molecule has 2 aromatic rings. The van der Waals surface area contributed by atoms with Crippen LogP contribution in [-0.4, -0.2) is 34.8 Å². The number of hydrogen-bond acceptors (Lipinski definition) is 4. The number of halogens is 1. The Kier molecular flexibility index (Phi) is 6.34. The number of nitrogens with one attached hydrogen (secondary N) is 2. The smallest absolute Gasteiger partial charge is 0.325 e. The summed E-state index contributed by atoms with van der Waals surface area (Å²) in [4.78, 5) is 40.6. The molecule has 1 aromatic heterocycles. The average molecular weight is 460 g/mol. The van der Waals surface area contributed by atoms with Gasteiger partial charge in [-0.2, -0.15) is 0 Å². The molecule has 2 N–H and O–H groups in total. The highest BCUT2D eigenvalue weighted by molar-refractivity contribution is 7.10. The molecule has 1 saturated heterocycles. The highest BCUT2D eigenvalue weighted by atomic mass is 35.5. The molecule has 2 aliphatic rings. The van der Waals surface area contributed by atoms with Gasteiger partial charge in [-0.25, -0.2) is 4.79 Å². The maximum absolute atomic E-state index is 13.1. The first-order chi connectivity index (χ1) is 14.9. The maximum atomic E-state index is 13.1. The molecule has 1 saturated carbocycles. The normalized spacial score (nSPS) is 24.3. The predicted molar refractivity (Wildman–Crippen MR) is 121 cm³/mol. The van der Waals surface area contributed by atoms with Gasteiger partial charge < -0.3 is 10.6 Å². The van der Waals surface area contributed by atoms with Crippen molar-refractivity contribution in [2.75, 3.05) is 6.54 Å². The van der Waals surface area contributed by atoms with Crippen LogP contribution in [0.15, 0.2) is 41.8 Å². The van der Waals surface area contributed by atoms with Gasteiger partial charge in [0.15, 0.2) is 0 Å². The van der Waals surface area contributed by atoms with Crippen molar-refractivity contribution < 1.29 is 14.4 Å². The first kappa shape index (κ1) is 21.8. The van der Waals surface area contributed by atoms with Gasteiger partial charge in [0.2, 0.25) is 5.91 Å². The number of urea groups is 1. The molecule has 1 aliphatic carbocycles. The zero-order valence-corrected chi connectivity index (χ0v) is 19.0. The van der Waals surface area contributed by atoms with E-state index in [0.717, 1.165) is 34.6 Å². The lowest BCUT2D eigenvalue weighted by Gasteiger charge is -2.34. The Balaban J connectivity index is 1.46. The molecule has 4 amide bonds. The summed E-state index contributed by atoms with van der Waals surface area (Å²) in [5.74, 6) is -0.0591. The summed E-state index contributed by atoms with van der Waals surface area (Å²) in [6.07, 6.45) is 4.19. The molecule has 1 spiro atoms. The highest BCUT2D eigenvalue weighted by Crippen LogP contribution is 2.37. The first-order valence-electron chi connectivity index (χ1n) is 10.6. The van der Waals surface area contributed by atoms with Crippen molar-refractivity contribution in [2.45, 2.75) is 50.6 Å². The number of carbonyl (C=O) groups is 3. The Bertz CT molecular complexity index is 953. The summed E-state index contributed by atoms with van der Waals surface area (Å²) in [5.41, 5.74) is 0.0404. The molecule has 0 bridgehead atoms. The van der Waals surface area contributed by atoms with E-state index in [2.05, 4.69) is 17.6 Å². The minimum atomic E-state index is -0.841. The molecule has 2 heterocycles. The number of hydrogen-bond donors (Lipinski definition) is 2. The number of amides is 4. The zero-order chi connectivity index (χ0) is 22.0. The fraction of sp³-hybridized carbons (Fsp3) is 0.435. The minimum absolute atomic E-state index is 0.277. The van der Waals surface area contributed by atoms with Crippen LogP contribution < -0.4 is 10.6 Å². The first-order valence-corrected chi connectivity index (χ1v) is 11.9. The summed E-state index contributed by atoms with van der Waals surface area (Å²) >= 11 is 7.54. The van der Waals surface area contributed by atoms with Crippen molar-refractivity contribution in [3.63, 3.8) is 0 Å².